The van der Waals surface area contributed by atoms with Crippen molar-refractivity contribution in [3.8, 4) is 12.3 Å². The standard InChI is InChI=1S/C7H10N2O2S/c1-3-4-5-8-7(12-2)6-9(10)11/h1H,4-6H2,2H3. The number of hydrogen-bond donors (Lipinski definition) is 0. The summed E-state index contributed by atoms with van der Waals surface area (Å²) in [5, 5.41) is 10.6. The summed E-state index contributed by atoms with van der Waals surface area (Å²) in [5.41, 5.74) is 0. The predicted octanol–water partition coefficient (Wildman–Crippen LogP) is 1.05. The van der Waals surface area contributed by atoms with Crippen LogP contribution in [0.25, 0.3) is 0 Å². The fourth-order valence-electron chi connectivity index (χ4n) is 0.535. The summed E-state index contributed by atoms with van der Waals surface area (Å²) < 4.78 is 0. The minimum Gasteiger partial charge on any atom is -0.275 e. The summed E-state index contributed by atoms with van der Waals surface area (Å²) in [7, 11) is 0. The van der Waals surface area contributed by atoms with Crippen molar-refractivity contribution in [2.24, 2.45) is 4.99 Å². The lowest BCUT2D eigenvalue weighted by atomic mass is 10.4. The largest absolute Gasteiger partial charge is 0.275 e. The van der Waals surface area contributed by atoms with Crippen LogP contribution >= 0.6 is 11.8 Å². The molecule has 5 heteroatoms. The number of aliphatic imine (C=N–C) groups is 1. The van der Waals surface area contributed by atoms with Gasteiger partial charge in [-0.1, -0.05) is 0 Å². The quantitative estimate of drug-likeness (QED) is 0.165. The van der Waals surface area contributed by atoms with E-state index >= 15 is 0 Å². The van der Waals surface area contributed by atoms with Gasteiger partial charge in [0.15, 0.2) is 0 Å². The van der Waals surface area contributed by atoms with E-state index in [9.17, 15) is 10.1 Å². The van der Waals surface area contributed by atoms with Gasteiger partial charge in [-0.25, -0.2) is 0 Å². The zero-order valence-electron chi connectivity index (χ0n) is 6.82. The Morgan fingerprint density at radius 3 is 2.92 bits per heavy atom. The zero-order chi connectivity index (χ0) is 9.40. The van der Waals surface area contributed by atoms with E-state index in [0.29, 0.717) is 18.0 Å². The lowest BCUT2D eigenvalue weighted by molar-refractivity contribution is -0.462. The second kappa shape index (κ2) is 6.68. The van der Waals surface area contributed by atoms with Gasteiger partial charge >= 0.3 is 0 Å². The molecule has 0 aliphatic carbocycles. The van der Waals surface area contributed by atoms with Crippen LogP contribution in [0.4, 0.5) is 0 Å². The third-order valence-electron chi connectivity index (χ3n) is 1.04. The van der Waals surface area contributed by atoms with Crippen molar-refractivity contribution in [2.75, 3.05) is 19.3 Å². The van der Waals surface area contributed by atoms with E-state index in [1.165, 1.54) is 11.8 Å². The Morgan fingerprint density at radius 2 is 2.50 bits per heavy atom. The SMILES string of the molecule is C#CCCN=C(C[N+](=O)[O-])SC. The first-order chi connectivity index (χ1) is 5.70. The van der Waals surface area contributed by atoms with E-state index in [1.807, 2.05) is 0 Å². The Hall–Kier alpha value is -1.02. The van der Waals surface area contributed by atoms with Crippen LogP contribution in [0.15, 0.2) is 4.99 Å². The maximum Gasteiger partial charge on any atom is 0.250 e. The molecule has 0 heterocycles. The van der Waals surface area contributed by atoms with E-state index in [1.54, 1.807) is 6.26 Å². The fraction of sp³-hybridized carbons (Fsp3) is 0.571. The van der Waals surface area contributed by atoms with Gasteiger partial charge in [-0.3, -0.25) is 15.1 Å². The molecule has 0 atom stereocenters. The molecular formula is C7H10N2O2S. The molecule has 0 aromatic heterocycles. The van der Waals surface area contributed by atoms with Crippen molar-refractivity contribution in [3.63, 3.8) is 0 Å². The van der Waals surface area contributed by atoms with Gasteiger partial charge in [-0.2, -0.15) is 0 Å². The molecule has 0 amide bonds. The van der Waals surface area contributed by atoms with Gasteiger partial charge in [0.05, 0.1) is 6.54 Å². The average Bonchev–Trinajstić information content (AvgIpc) is 2.02. The lowest BCUT2D eigenvalue weighted by Crippen LogP contribution is -2.10. The number of terminal acetylenes is 1. The summed E-state index contributed by atoms with van der Waals surface area (Å²) >= 11 is 1.29. The summed E-state index contributed by atoms with van der Waals surface area (Å²) in [6, 6.07) is 0. The minimum absolute atomic E-state index is 0.203. The lowest BCUT2D eigenvalue weighted by Gasteiger charge is -1.95. The molecule has 0 unspecified atom stereocenters. The van der Waals surface area contributed by atoms with Crippen LogP contribution in [0.3, 0.4) is 0 Å². The van der Waals surface area contributed by atoms with Crippen LogP contribution < -0.4 is 0 Å². The van der Waals surface area contributed by atoms with Gasteiger partial charge in [0, 0.05) is 11.3 Å². The maximum atomic E-state index is 10.1. The molecule has 0 fully saturated rings. The summed E-state index contributed by atoms with van der Waals surface area (Å²) in [6.45, 7) is 0.270. The highest BCUT2D eigenvalue weighted by atomic mass is 32.2. The smallest absolute Gasteiger partial charge is 0.250 e. The Bertz CT molecular complexity index is 220. The molecule has 0 aromatic rings. The number of thioether (sulfide) groups is 1. The molecule has 0 radical (unpaired) electrons. The first-order valence-electron chi connectivity index (χ1n) is 3.33. The first kappa shape index (κ1) is 11.0. The minimum atomic E-state index is -0.398. The van der Waals surface area contributed by atoms with Crippen LogP contribution in [0, 0.1) is 22.5 Å². The molecule has 66 valence electrons. The highest BCUT2D eigenvalue weighted by Crippen LogP contribution is 1.98. The van der Waals surface area contributed by atoms with Gasteiger partial charge in [0.1, 0.15) is 5.04 Å². The van der Waals surface area contributed by atoms with Crippen molar-refractivity contribution < 1.29 is 4.92 Å². The van der Waals surface area contributed by atoms with Gasteiger partial charge in [-0.05, 0) is 6.26 Å². The van der Waals surface area contributed by atoms with Crippen LogP contribution in [-0.4, -0.2) is 29.3 Å². The number of nitrogens with zero attached hydrogens (tertiary/aromatic N) is 2. The van der Waals surface area contributed by atoms with Gasteiger partial charge in [0.2, 0.25) is 0 Å². The van der Waals surface area contributed by atoms with E-state index in [-0.39, 0.29) is 6.54 Å². The Labute approximate surface area is 75.6 Å². The van der Waals surface area contributed by atoms with E-state index in [0.717, 1.165) is 0 Å². The van der Waals surface area contributed by atoms with Crippen LogP contribution in [-0.2, 0) is 0 Å². The third kappa shape index (κ3) is 5.74. The van der Waals surface area contributed by atoms with Crippen LogP contribution in [0.1, 0.15) is 6.42 Å². The highest BCUT2D eigenvalue weighted by molar-refractivity contribution is 8.13. The number of hydrogen-bond acceptors (Lipinski definition) is 4. The zero-order valence-corrected chi connectivity index (χ0v) is 7.63. The molecule has 0 aliphatic heterocycles. The molecule has 0 bridgehead atoms. The van der Waals surface area contributed by atoms with Crippen molar-refractivity contribution in [1.29, 1.82) is 0 Å². The maximum absolute atomic E-state index is 10.1. The van der Waals surface area contributed by atoms with Crippen molar-refractivity contribution >= 4 is 16.8 Å². The molecular weight excluding hydrogens is 176 g/mol. The monoisotopic (exact) mass is 186 g/mol. The molecule has 0 rings (SSSR count). The first-order valence-corrected chi connectivity index (χ1v) is 4.55. The topological polar surface area (TPSA) is 55.5 Å². The molecule has 0 aromatic carbocycles. The van der Waals surface area contributed by atoms with Crippen molar-refractivity contribution in [2.45, 2.75) is 6.42 Å². The molecule has 12 heavy (non-hydrogen) atoms. The molecule has 0 N–H and O–H groups in total. The average molecular weight is 186 g/mol. The Morgan fingerprint density at radius 1 is 1.83 bits per heavy atom. The van der Waals surface area contributed by atoms with E-state index < -0.39 is 4.92 Å². The molecule has 4 nitrogen and oxygen atoms in total. The third-order valence-corrected chi connectivity index (χ3v) is 1.77. The van der Waals surface area contributed by atoms with Crippen molar-refractivity contribution in [1.82, 2.24) is 0 Å². The normalized spacial score (nSPS) is 10.8. The van der Waals surface area contributed by atoms with Gasteiger partial charge < -0.3 is 0 Å². The fourth-order valence-corrected chi connectivity index (χ4v) is 0.990. The summed E-state index contributed by atoms with van der Waals surface area (Å²) in [6.07, 6.45) is 7.29. The number of nitro groups is 1. The number of rotatable bonds is 4. The molecule has 0 saturated carbocycles. The summed E-state index contributed by atoms with van der Waals surface area (Å²) in [5.74, 6) is 2.41. The Kier molecular flexibility index (Phi) is 6.11. The second-order valence-corrected chi connectivity index (χ2v) is 2.80. The molecule has 0 saturated heterocycles. The van der Waals surface area contributed by atoms with E-state index in [4.69, 9.17) is 6.42 Å². The molecule has 0 aliphatic rings. The van der Waals surface area contributed by atoms with Gasteiger partial charge in [0.25, 0.3) is 6.54 Å². The molecule has 0 spiro atoms. The van der Waals surface area contributed by atoms with E-state index in [2.05, 4.69) is 10.9 Å². The van der Waals surface area contributed by atoms with Crippen molar-refractivity contribution in [3.05, 3.63) is 10.1 Å². The Balaban J connectivity index is 3.88. The second-order valence-electron chi connectivity index (χ2n) is 1.92. The highest BCUT2D eigenvalue weighted by Gasteiger charge is 2.04. The predicted molar refractivity (Wildman–Crippen MR) is 51.1 cm³/mol. The van der Waals surface area contributed by atoms with Crippen LogP contribution in [0.2, 0.25) is 0 Å². The van der Waals surface area contributed by atoms with Gasteiger partial charge in [-0.15, -0.1) is 24.1 Å². The van der Waals surface area contributed by atoms with Crippen LogP contribution in [0.5, 0.6) is 0 Å². The summed E-state index contributed by atoms with van der Waals surface area (Å²) in [4.78, 5) is 13.6.